The Morgan fingerprint density at radius 2 is 2.04 bits per heavy atom. The van der Waals surface area contributed by atoms with Crippen molar-refractivity contribution in [3.05, 3.63) is 47.5 Å². The second-order valence-electron chi connectivity index (χ2n) is 5.20. The Kier molecular flexibility index (Phi) is 5.83. The molecule has 0 spiro atoms. The van der Waals surface area contributed by atoms with Crippen LogP contribution in [0.25, 0.3) is 0 Å². The number of carbonyl (C=O) groups excluding carboxylic acids is 2. The molecule has 0 atom stereocenters. The van der Waals surface area contributed by atoms with Gasteiger partial charge in [0.25, 0.3) is 5.91 Å². The minimum absolute atomic E-state index is 0.0516. The number of aryl methyl sites for hydroxylation is 2. The summed E-state index contributed by atoms with van der Waals surface area (Å²) in [5, 5.41) is 5.36. The molecule has 0 bridgehead atoms. The zero-order valence-corrected chi connectivity index (χ0v) is 13.9. The first-order valence-corrected chi connectivity index (χ1v) is 7.51. The molecule has 2 aromatic rings. The van der Waals surface area contributed by atoms with Gasteiger partial charge >= 0.3 is 0 Å². The van der Waals surface area contributed by atoms with Gasteiger partial charge in [0, 0.05) is 31.0 Å². The third-order valence-electron chi connectivity index (χ3n) is 3.47. The van der Waals surface area contributed by atoms with Crippen LogP contribution in [-0.2, 0) is 11.2 Å². The SMILES string of the molecule is CNC(=O)CCc1cc(NC(=O)c2ncc(OC)cc2C)ccn1. The number of nitrogens with one attached hydrogen (secondary N) is 2. The molecule has 0 aliphatic carbocycles. The Morgan fingerprint density at radius 3 is 2.71 bits per heavy atom. The molecule has 0 saturated heterocycles. The summed E-state index contributed by atoms with van der Waals surface area (Å²) in [7, 11) is 3.14. The molecule has 24 heavy (non-hydrogen) atoms. The van der Waals surface area contributed by atoms with Gasteiger partial charge in [-0.2, -0.15) is 0 Å². The highest BCUT2D eigenvalue weighted by Gasteiger charge is 2.12. The number of anilines is 1. The molecule has 0 unspecified atom stereocenters. The van der Waals surface area contributed by atoms with E-state index in [1.807, 2.05) is 0 Å². The number of methoxy groups -OCH3 is 1. The van der Waals surface area contributed by atoms with Gasteiger partial charge in [0.05, 0.1) is 13.3 Å². The van der Waals surface area contributed by atoms with Gasteiger partial charge < -0.3 is 15.4 Å². The monoisotopic (exact) mass is 328 g/mol. The number of carbonyl (C=O) groups is 2. The third kappa shape index (κ3) is 4.52. The summed E-state index contributed by atoms with van der Waals surface area (Å²) in [6.07, 6.45) is 3.95. The number of ether oxygens (including phenoxy) is 1. The Morgan fingerprint density at radius 1 is 1.25 bits per heavy atom. The van der Waals surface area contributed by atoms with Gasteiger partial charge in [-0.3, -0.25) is 14.6 Å². The summed E-state index contributed by atoms with van der Waals surface area (Å²) in [6, 6.07) is 5.20. The van der Waals surface area contributed by atoms with Gasteiger partial charge in [0.1, 0.15) is 11.4 Å². The van der Waals surface area contributed by atoms with Crippen LogP contribution in [-0.4, -0.2) is 35.9 Å². The molecule has 0 aromatic carbocycles. The average molecular weight is 328 g/mol. The fourth-order valence-electron chi connectivity index (χ4n) is 2.15. The Balaban J connectivity index is 2.07. The van der Waals surface area contributed by atoms with Gasteiger partial charge in [-0.1, -0.05) is 0 Å². The van der Waals surface area contributed by atoms with Crippen molar-refractivity contribution in [1.29, 1.82) is 0 Å². The molecule has 7 heteroatoms. The van der Waals surface area contributed by atoms with Crippen molar-refractivity contribution in [3.63, 3.8) is 0 Å². The second kappa shape index (κ2) is 8.05. The molecule has 0 radical (unpaired) electrons. The van der Waals surface area contributed by atoms with E-state index in [1.165, 1.54) is 6.20 Å². The van der Waals surface area contributed by atoms with Crippen LogP contribution in [0.2, 0.25) is 0 Å². The lowest BCUT2D eigenvalue weighted by Gasteiger charge is -2.09. The first kappa shape index (κ1) is 17.4. The normalized spacial score (nSPS) is 10.1. The van der Waals surface area contributed by atoms with Crippen molar-refractivity contribution in [2.24, 2.45) is 0 Å². The number of rotatable bonds is 6. The summed E-state index contributed by atoms with van der Waals surface area (Å²) in [5.41, 5.74) is 2.40. The first-order valence-electron chi connectivity index (χ1n) is 7.51. The molecule has 7 nitrogen and oxygen atoms in total. The Bertz CT molecular complexity index is 746. The number of pyridine rings is 2. The smallest absolute Gasteiger partial charge is 0.274 e. The van der Waals surface area contributed by atoms with E-state index in [4.69, 9.17) is 4.74 Å². The summed E-state index contributed by atoms with van der Waals surface area (Å²) in [4.78, 5) is 32.0. The molecule has 0 saturated carbocycles. The molecule has 2 rings (SSSR count). The molecular weight excluding hydrogens is 308 g/mol. The third-order valence-corrected chi connectivity index (χ3v) is 3.47. The van der Waals surface area contributed by atoms with Crippen molar-refractivity contribution >= 4 is 17.5 Å². The number of hydrogen-bond acceptors (Lipinski definition) is 5. The lowest BCUT2D eigenvalue weighted by atomic mass is 10.2. The topological polar surface area (TPSA) is 93.2 Å². The van der Waals surface area contributed by atoms with Gasteiger partial charge in [-0.05, 0) is 37.1 Å². The summed E-state index contributed by atoms with van der Waals surface area (Å²) >= 11 is 0. The molecule has 2 amide bonds. The van der Waals surface area contributed by atoms with Crippen LogP contribution >= 0.6 is 0 Å². The molecule has 2 N–H and O–H groups in total. The molecule has 2 heterocycles. The lowest BCUT2D eigenvalue weighted by Crippen LogP contribution is -2.18. The van der Waals surface area contributed by atoms with E-state index in [-0.39, 0.29) is 11.8 Å². The highest BCUT2D eigenvalue weighted by atomic mass is 16.5. The van der Waals surface area contributed by atoms with E-state index in [0.717, 1.165) is 11.3 Å². The van der Waals surface area contributed by atoms with Crippen molar-refractivity contribution < 1.29 is 14.3 Å². The van der Waals surface area contributed by atoms with E-state index in [1.54, 1.807) is 45.5 Å². The van der Waals surface area contributed by atoms with Crippen molar-refractivity contribution in [2.45, 2.75) is 19.8 Å². The maximum absolute atomic E-state index is 12.4. The largest absolute Gasteiger partial charge is 0.495 e. The number of nitrogens with zero attached hydrogens (tertiary/aromatic N) is 2. The lowest BCUT2D eigenvalue weighted by molar-refractivity contribution is -0.120. The molecule has 126 valence electrons. The minimum atomic E-state index is -0.307. The summed E-state index contributed by atoms with van der Waals surface area (Å²) in [5.74, 6) is 0.243. The Hall–Kier alpha value is -2.96. The van der Waals surface area contributed by atoms with Gasteiger partial charge in [0.2, 0.25) is 5.91 Å². The van der Waals surface area contributed by atoms with E-state index in [2.05, 4.69) is 20.6 Å². The average Bonchev–Trinajstić information content (AvgIpc) is 2.59. The van der Waals surface area contributed by atoms with Crippen LogP contribution in [0.15, 0.2) is 30.6 Å². The van der Waals surface area contributed by atoms with E-state index < -0.39 is 0 Å². The Labute approximate surface area is 140 Å². The van der Waals surface area contributed by atoms with E-state index >= 15 is 0 Å². The molecule has 0 aliphatic heterocycles. The first-order chi connectivity index (χ1) is 11.5. The summed E-state index contributed by atoms with van der Waals surface area (Å²) < 4.78 is 5.08. The fraction of sp³-hybridized carbons (Fsp3) is 0.294. The van der Waals surface area contributed by atoms with Crippen LogP contribution in [0.1, 0.15) is 28.2 Å². The van der Waals surface area contributed by atoms with Crippen LogP contribution in [0.4, 0.5) is 5.69 Å². The van der Waals surface area contributed by atoms with Crippen molar-refractivity contribution in [2.75, 3.05) is 19.5 Å². The number of amides is 2. The van der Waals surface area contributed by atoms with Gasteiger partial charge in [-0.25, -0.2) is 4.98 Å². The van der Waals surface area contributed by atoms with Crippen molar-refractivity contribution in [3.8, 4) is 5.75 Å². The van der Waals surface area contributed by atoms with E-state index in [0.29, 0.717) is 30.0 Å². The van der Waals surface area contributed by atoms with Gasteiger partial charge in [-0.15, -0.1) is 0 Å². The van der Waals surface area contributed by atoms with Crippen LogP contribution in [0.5, 0.6) is 5.75 Å². The molecule has 0 fully saturated rings. The number of hydrogen-bond donors (Lipinski definition) is 2. The molecule has 0 aliphatic rings. The quantitative estimate of drug-likeness (QED) is 0.842. The maximum atomic E-state index is 12.4. The fourth-order valence-corrected chi connectivity index (χ4v) is 2.15. The molecule has 2 aromatic heterocycles. The standard InChI is InChI=1S/C17H20N4O3/c1-11-8-14(24-3)10-20-16(11)17(23)21-13-6-7-19-12(9-13)4-5-15(22)18-2/h6-10H,4-5H2,1-3H3,(H,18,22)(H,19,21,23). The highest BCUT2D eigenvalue weighted by Crippen LogP contribution is 2.16. The highest BCUT2D eigenvalue weighted by molar-refractivity contribution is 6.03. The zero-order valence-electron chi connectivity index (χ0n) is 13.9. The predicted molar refractivity (Wildman–Crippen MR) is 90.1 cm³/mol. The van der Waals surface area contributed by atoms with E-state index in [9.17, 15) is 9.59 Å². The number of aromatic nitrogens is 2. The summed E-state index contributed by atoms with van der Waals surface area (Å²) in [6.45, 7) is 1.80. The maximum Gasteiger partial charge on any atom is 0.274 e. The molecular formula is C17H20N4O3. The van der Waals surface area contributed by atoms with Crippen LogP contribution in [0.3, 0.4) is 0 Å². The van der Waals surface area contributed by atoms with Crippen molar-refractivity contribution in [1.82, 2.24) is 15.3 Å². The van der Waals surface area contributed by atoms with Gasteiger partial charge in [0.15, 0.2) is 0 Å². The predicted octanol–water partition coefficient (Wildman–Crippen LogP) is 1.72. The minimum Gasteiger partial charge on any atom is -0.495 e. The van der Waals surface area contributed by atoms with Crippen LogP contribution in [0, 0.1) is 6.92 Å². The zero-order chi connectivity index (χ0) is 17.5. The van der Waals surface area contributed by atoms with Crippen LogP contribution < -0.4 is 15.4 Å². The second-order valence-corrected chi connectivity index (χ2v) is 5.20.